The van der Waals surface area contributed by atoms with E-state index in [2.05, 4.69) is 81.8 Å². The topological polar surface area (TPSA) is 49.3 Å². The smallest absolute Gasteiger partial charge is 0.253 e. The van der Waals surface area contributed by atoms with Gasteiger partial charge in [0.05, 0.1) is 0 Å². The van der Waals surface area contributed by atoms with Gasteiger partial charge in [0.1, 0.15) is 11.6 Å². The Hall–Kier alpha value is -3.21. The molecule has 2 aromatic carbocycles. The number of aromatic nitrogens is 2. The van der Waals surface area contributed by atoms with Crippen LogP contribution in [0.15, 0.2) is 42.5 Å². The molecule has 0 spiro atoms. The number of rotatable bonds is 4. The Morgan fingerprint density at radius 1 is 0.886 bits per heavy atom. The fourth-order valence-electron chi connectivity index (χ4n) is 4.78. The predicted molar refractivity (Wildman–Crippen MR) is 143 cm³/mol. The second-order valence-corrected chi connectivity index (χ2v) is 10.9. The lowest BCUT2D eigenvalue weighted by atomic mass is 9.86. The molecule has 184 valence electrons. The second-order valence-electron chi connectivity index (χ2n) is 10.9. The molecule has 0 bridgehead atoms. The van der Waals surface area contributed by atoms with Gasteiger partial charge in [0, 0.05) is 49.4 Å². The summed E-state index contributed by atoms with van der Waals surface area (Å²) in [5.41, 5.74) is 8.16. The van der Waals surface area contributed by atoms with Gasteiger partial charge in [-0.3, -0.25) is 4.79 Å². The van der Waals surface area contributed by atoms with E-state index in [4.69, 9.17) is 4.98 Å². The third kappa shape index (κ3) is 5.55. The minimum Gasteiger partial charge on any atom is -0.353 e. The lowest BCUT2D eigenvalue weighted by molar-refractivity contribution is 0.0746. The van der Waals surface area contributed by atoms with Crippen molar-refractivity contribution in [3.05, 3.63) is 87.4 Å². The molecule has 1 aromatic heterocycles. The molecule has 1 aliphatic heterocycles. The lowest BCUT2D eigenvalue weighted by Gasteiger charge is -2.36. The van der Waals surface area contributed by atoms with E-state index in [1.165, 1.54) is 27.8 Å². The van der Waals surface area contributed by atoms with Crippen LogP contribution in [-0.4, -0.2) is 47.0 Å². The number of aryl methyl sites for hydroxylation is 4. The quantitative estimate of drug-likeness (QED) is 0.501. The van der Waals surface area contributed by atoms with Gasteiger partial charge in [-0.1, -0.05) is 56.7 Å². The number of amides is 1. The highest BCUT2D eigenvalue weighted by Gasteiger charge is 2.26. The van der Waals surface area contributed by atoms with Crippen molar-refractivity contribution in [2.24, 2.45) is 0 Å². The molecule has 0 radical (unpaired) electrons. The molecule has 1 fully saturated rings. The van der Waals surface area contributed by atoms with Crippen molar-refractivity contribution < 1.29 is 4.79 Å². The summed E-state index contributed by atoms with van der Waals surface area (Å²) in [5.74, 6) is 1.91. The van der Waals surface area contributed by atoms with Crippen LogP contribution in [0.25, 0.3) is 0 Å². The number of hydrogen-bond acceptors (Lipinski definition) is 4. The van der Waals surface area contributed by atoms with Gasteiger partial charge in [0.2, 0.25) is 0 Å². The van der Waals surface area contributed by atoms with Gasteiger partial charge in [0.25, 0.3) is 5.91 Å². The molecule has 3 aromatic rings. The SMILES string of the molecule is Cc1ccc(C)c(Cc2c(C)nc(C)nc2N2CCN(C(=O)c3ccc(C(C)(C)C)cc3)CC2)c1. The first-order valence-corrected chi connectivity index (χ1v) is 12.6. The molecule has 35 heavy (non-hydrogen) atoms. The largest absolute Gasteiger partial charge is 0.353 e. The van der Waals surface area contributed by atoms with Gasteiger partial charge < -0.3 is 9.80 Å². The van der Waals surface area contributed by atoms with Crippen molar-refractivity contribution in [2.75, 3.05) is 31.1 Å². The Labute approximate surface area is 210 Å². The number of anilines is 1. The van der Waals surface area contributed by atoms with E-state index < -0.39 is 0 Å². The average Bonchev–Trinajstić information content (AvgIpc) is 2.82. The van der Waals surface area contributed by atoms with E-state index >= 15 is 0 Å². The van der Waals surface area contributed by atoms with Crippen molar-refractivity contribution in [1.82, 2.24) is 14.9 Å². The summed E-state index contributed by atoms with van der Waals surface area (Å²) in [6.07, 6.45) is 0.814. The minimum absolute atomic E-state index is 0.0791. The average molecular weight is 471 g/mol. The first-order chi connectivity index (χ1) is 16.5. The maximum Gasteiger partial charge on any atom is 0.253 e. The van der Waals surface area contributed by atoms with Crippen LogP contribution in [-0.2, 0) is 11.8 Å². The van der Waals surface area contributed by atoms with Crippen molar-refractivity contribution in [3.63, 3.8) is 0 Å². The molecule has 1 amide bonds. The van der Waals surface area contributed by atoms with E-state index in [0.29, 0.717) is 13.1 Å². The number of hydrogen-bond donors (Lipinski definition) is 0. The van der Waals surface area contributed by atoms with Crippen LogP contribution in [0.3, 0.4) is 0 Å². The molecule has 0 N–H and O–H groups in total. The zero-order valence-corrected chi connectivity index (χ0v) is 22.3. The van der Waals surface area contributed by atoms with E-state index in [1.54, 1.807) is 0 Å². The highest BCUT2D eigenvalue weighted by atomic mass is 16.2. The van der Waals surface area contributed by atoms with Crippen LogP contribution < -0.4 is 4.90 Å². The van der Waals surface area contributed by atoms with E-state index in [0.717, 1.165) is 42.4 Å². The maximum atomic E-state index is 13.2. The Bertz CT molecular complexity index is 1220. The first-order valence-electron chi connectivity index (χ1n) is 12.6. The molecule has 5 nitrogen and oxygen atoms in total. The molecule has 0 atom stereocenters. The standard InChI is InChI=1S/C30H38N4O/c1-20-8-9-21(2)25(18-20)19-27-22(3)31-23(4)32-28(27)33-14-16-34(17-15-33)29(35)24-10-12-26(13-11-24)30(5,6)7/h8-13,18H,14-17,19H2,1-7H3. The molecule has 2 heterocycles. The molecular weight excluding hydrogens is 432 g/mol. The molecule has 4 rings (SSSR count). The van der Waals surface area contributed by atoms with Crippen molar-refractivity contribution in [2.45, 2.75) is 60.3 Å². The molecule has 1 aliphatic rings. The van der Waals surface area contributed by atoms with Gasteiger partial charge in [-0.05, 0) is 61.9 Å². The van der Waals surface area contributed by atoms with E-state index in [9.17, 15) is 4.79 Å². The van der Waals surface area contributed by atoms with E-state index in [1.807, 2.05) is 24.0 Å². The summed E-state index contributed by atoms with van der Waals surface area (Å²) in [4.78, 5) is 27.0. The minimum atomic E-state index is 0.0791. The molecular formula is C30H38N4O. The van der Waals surface area contributed by atoms with E-state index in [-0.39, 0.29) is 11.3 Å². The fourth-order valence-corrected chi connectivity index (χ4v) is 4.78. The lowest BCUT2D eigenvalue weighted by Crippen LogP contribution is -2.49. The summed E-state index contributed by atoms with van der Waals surface area (Å²) in [7, 11) is 0. The van der Waals surface area contributed by atoms with Crippen molar-refractivity contribution in [3.8, 4) is 0 Å². The summed E-state index contributed by atoms with van der Waals surface area (Å²) >= 11 is 0. The zero-order valence-electron chi connectivity index (χ0n) is 22.3. The van der Waals surface area contributed by atoms with Crippen LogP contribution in [0.2, 0.25) is 0 Å². The Morgan fingerprint density at radius 2 is 1.54 bits per heavy atom. The predicted octanol–water partition coefficient (Wildman–Crippen LogP) is 5.56. The zero-order chi connectivity index (χ0) is 25.3. The van der Waals surface area contributed by atoms with Crippen LogP contribution in [0.5, 0.6) is 0 Å². The van der Waals surface area contributed by atoms with Crippen LogP contribution in [0.1, 0.15) is 70.5 Å². The number of benzene rings is 2. The van der Waals surface area contributed by atoms with Gasteiger partial charge >= 0.3 is 0 Å². The number of carbonyl (C=O) groups excluding carboxylic acids is 1. The van der Waals surface area contributed by atoms with Gasteiger partial charge in [0.15, 0.2) is 0 Å². The van der Waals surface area contributed by atoms with Gasteiger partial charge in [-0.15, -0.1) is 0 Å². The van der Waals surface area contributed by atoms with Crippen LogP contribution in [0, 0.1) is 27.7 Å². The van der Waals surface area contributed by atoms with Gasteiger partial charge in [-0.2, -0.15) is 0 Å². The second kappa shape index (κ2) is 9.80. The third-order valence-electron chi connectivity index (χ3n) is 7.04. The molecule has 0 aliphatic carbocycles. The summed E-state index contributed by atoms with van der Waals surface area (Å²) in [6.45, 7) is 17.8. The normalized spacial score (nSPS) is 14.4. The number of carbonyl (C=O) groups is 1. The third-order valence-corrected chi connectivity index (χ3v) is 7.04. The molecule has 0 unspecified atom stereocenters. The molecule has 0 saturated carbocycles. The monoisotopic (exact) mass is 470 g/mol. The van der Waals surface area contributed by atoms with Crippen molar-refractivity contribution >= 4 is 11.7 Å². The Balaban J connectivity index is 1.51. The van der Waals surface area contributed by atoms with Crippen molar-refractivity contribution in [1.29, 1.82) is 0 Å². The number of piperazine rings is 1. The summed E-state index contributed by atoms with van der Waals surface area (Å²) < 4.78 is 0. The molecule has 5 heteroatoms. The first kappa shape index (κ1) is 24.9. The fraction of sp³-hybridized carbons (Fsp3) is 0.433. The highest BCUT2D eigenvalue weighted by molar-refractivity contribution is 5.94. The maximum absolute atomic E-state index is 13.2. The highest BCUT2D eigenvalue weighted by Crippen LogP contribution is 2.27. The number of nitrogens with zero attached hydrogens (tertiary/aromatic N) is 4. The Morgan fingerprint density at radius 3 is 2.17 bits per heavy atom. The van der Waals surface area contributed by atoms with Crippen LogP contribution in [0.4, 0.5) is 5.82 Å². The summed E-state index contributed by atoms with van der Waals surface area (Å²) in [5, 5.41) is 0. The Kier molecular flexibility index (Phi) is 6.98. The molecule has 1 saturated heterocycles. The van der Waals surface area contributed by atoms with Gasteiger partial charge in [-0.25, -0.2) is 9.97 Å². The summed E-state index contributed by atoms with van der Waals surface area (Å²) in [6, 6.07) is 14.7. The van der Waals surface area contributed by atoms with Crippen LogP contribution >= 0.6 is 0 Å².